The number of hydrogen-bond acceptors (Lipinski definition) is 6. The summed E-state index contributed by atoms with van der Waals surface area (Å²) in [5.74, 6) is 0. The van der Waals surface area contributed by atoms with Gasteiger partial charge >= 0.3 is 12.4 Å². The van der Waals surface area contributed by atoms with Crippen LogP contribution in [-0.4, -0.2) is 33.8 Å². The van der Waals surface area contributed by atoms with Gasteiger partial charge in [-0.1, -0.05) is 6.92 Å². The Balaban J connectivity index is 2.25. The van der Waals surface area contributed by atoms with Crippen molar-refractivity contribution in [3.63, 3.8) is 0 Å². The summed E-state index contributed by atoms with van der Waals surface area (Å²) in [7, 11) is 1.28. The van der Waals surface area contributed by atoms with Crippen LogP contribution in [0.1, 0.15) is 31.6 Å². The molecule has 8 nitrogen and oxygen atoms in total. The fraction of sp³-hybridized carbons (Fsp3) is 0.667. The first-order valence-electron chi connectivity index (χ1n) is 6.82. The average Bonchev–Trinajstić information content (AvgIpc) is 2.84. The molecule has 2 unspecified atom stereocenters. The predicted molar refractivity (Wildman–Crippen MR) is 83.3 cm³/mol. The molecule has 10 heteroatoms. The minimum absolute atomic E-state index is 0.325. The van der Waals surface area contributed by atoms with Crippen LogP contribution in [0.25, 0.3) is 0 Å². The van der Waals surface area contributed by atoms with E-state index in [1.165, 1.54) is 17.9 Å². The van der Waals surface area contributed by atoms with Gasteiger partial charge < -0.3 is 18.7 Å². The van der Waals surface area contributed by atoms with E-state index in [9.17, 15) is 14.5 Å². The van der Waals surface area contributed by atoms with Crippen LogP contribution in [0.3, 0.4) is 0 Å². The third-order valence-electron chi connectivity index (χ3n) is 3.54. The van der Waals surface area contributed by atoms with Gasteiger partial charge in [0.05, 0.1) is 12.2 Å². The number of ether oxygens (including phenoxy) is 1. The van der Waals surface area contributed by atoms with Gasteiger partial charge in [-0.2, -0.15) is 0 Å². The van der Waals surface area contributed by atoms with E-state index in [0.29, 0.717) is 18.4 Å². The summed E-state index contributed by atoms with van der Waals surface area (Å²) in [6.07, 6.45) is 0.999. The van der Waals surface area contributed by atoms with E-state index in [1.807, 2.05) is 6.92 Å². The molecule has 0 saturated carbocycles. The van der Waals surface area contributed by atoms with Crippen LogP contribution in [0.15, 0.2) is 15.8 Å². The molecule has 1 aliphatic rings. The number of hydrogen-bond donors (Lipinski definition) is 2. The zero-order chi connectivity index (χ0) is 16.5. The largest absolute Gasteiger partial charge is 0.352 e. The number of nitrogens with one attached hydrogen (secondary N) is 1. The van der Waals surface area contributed by atoms with E-state index in [1.54, 1.807) is 6.92 Å². The fourth-order valence-electron chi connectivity index (χ4n) is 2.36. The van der Waals surface area contributed by atoms with Crippen LogP contribution < -0.4 is 11.2 Å². The first-order valence-corrected chi connectivity index (χ1v) is 9.41. The molecule has 4 atom stereocenters. The van der Waals surface area contributed by atoms with Crippen molar-refractivity contribution >= 4 is 18.5 Å². The van der Waals surface area contributed by atoms with Gasteiger partial charge in [-0.05, 0) is 25.2 Å². The molecule has 124 valence electrons. The maximum atomic E-state index is 11.9. The first-order chi connectivity index (χ1) is 10.3. The van der Waals surface area contributed by atoms with Crippen LogP contribution in [-0.2, 0) is 25.6 Å². The molecule has 0 amide bonds. The lowest BCUT2D eigenvalue weighted by molar-refractivity contribution is -0.0200. The zero-order valence-corrected chi connectivity index (χ0v) is 14.2. The van der Waals surface area contributed by atoms with E-state index < -0.39 is 30.3 Å². The van der Waals surface area contributed by atoms with Crippen LogP contribution in [0.5, 0.6) is 0 Å². The summed E-state index contributed by atoms with van der Waals surface area (Å²) in [6, 6.07) is 0. The van der Waals surface area contributed by atoms with Gasteiger partial charge in [-0.25, -0.2) is 4.79 Å². The molecule has 1 aliphatic heterocycles. The molecule has 0 spiro atoms. The number of nitrogens with zero attached hydrogens (tertiary/aromatic N) is 1. The highest BCUT2D eigenvalue weighted by molar-refractivity contribution is 8.07. The molecule has 0 aromatic carbocycles. The third kappa shape index (κ3) is 3.73. The first kappa shape index (κ1) is 17.5. The van der Waals surface area contributed by atoms with Crippen molar-refractivity contribution in [1.29, 1.82) is 0 Å². The molecule has 0 aliphatic carbocycles. The topological polar surface area (TPSA) is 103 Å². The molecule has 2 rings (SSSR count). The van der Waals surface area contributed by atoms with E-state index in [0.717, 1.165) is 0 Å². The van der Waals surface area contributed by atoms with Gasteiger partial charge in [0.25, 0.3) is 5.56 Å². The molecule has 2 N–H and O–H groups in total. The standard InChI is InChI=1S/C12H19N2O6PS/c1-4-8-9(20-21(17,22)18-3)5-10(19-8)14-6-7(2)11(15)13-12(14)16/h6,8-10H,4-5H2,1-3H3,(H,17,22)(H,13,15,16)/t8-,9?,10-,21?/m1/s1. The van der Waals surface area contributed by atoms with Gasteiger partial charge in [0.1, 0.15) is 6.23 Å². The van der Waals surface area contributed by atoms with Crippen LogP contribution in [0.2, 0.25) is 0 Å². The second kappa shape index (κ2) is 6.74. The van der Waals surface area contributed by atoms with E-state index in [2.05, 4.69) is 4.98 Å². The van der Waals surface area contributed by atoms with E-state index in [-0.39, 0.29) is 6.10 Å². The van der Waals surface area contributed by atoms with Crippen molar-refractivity contribution in [2.75, 3.05) is 7.11 Å². The van der Waals surface area contributed by atoms with Gasteiger partial charge in [-0.15, -0.1) is 0 Å². The van der Waals surface area contributed by atoms with Gasteiger partial charge in [0, 0.05) is 25.3 Å². The van der Waals surface area contributed by atoms with Crippen LogP contribution in [0, 0.1) is 6.92 Å². The molecule has 2 heterocycles. The number of aromatic amines is 1. The number of aromatic nitrogens is 2. The summed E-state index contributed by atoms with van der Waals surface area (Å²) < 4.78 is 17.3. The Morgan fingerprint density at radius 1 is 1.59 bits per heavy atom. The number of rotatable bonds is 5. The Kier molecular flexibility index (Phi) is 5.37. The lowest BCUT2D eigenvalue weighted by Crippen LogP contribution is -2.33. The summed E-state index contributed by atoms with van der Waals surface area (Å²) in [5, 5.41) is 0. The smallest absolute Gasteiger partial charge is 0.330 e. The van der Waals surface area contributed by atoms with E-state index >= 15 is 0 Å². The highest BCUT2D eigenvalue weighted by atomic mass is 32.5. The van der Waals surface area contributed by atoms with Crippen molar-refractivity contribution in [2.45, 2.75) is 45.1 Å². The monoisotopic (exact) mass is 350 g/mol. The minimum atomic E-state index is -3.31. The zero-order valence-electron chi connectivity index (χ0n) is 12.5. The van der Waals surface area contributed by atoms with Gasteiger partial charge in [0.15, 0.2) is 0 Å². The van der Waals surface area contributed by atoms with Crippen molar-refractivity contribution in [3.8, 4) is 0 Å². The maximum Gasteiger partial charge on any atom is 0.330 e. The molecular weight excluding hydrogens is 331 g/mol. The fourth-order valence-corrected chi connectivity index (χ4v) is 3.34. The van der Waals surface area contributed by atoms with Crippen LogP contribution >= 0.6 is 6.72 Å². The Morgan fingerprint density at radius 3 is 2.86 bits per heavy atom. The predicted octanol–water partition coefficient (Wildman–Crippen LogP) is 0.791. The molecule has 0 bridgehead atoms. The maximum absolute atomic E-state index is 11.9. The Morgan fingerprint density at radius 2 is 2.27 bits per heavy atom. The number of aryl methyl sites for hydroxylation is 1. The van der Waals surface area contributed by atoms with Crippen molar-refractivity contribution in [1.82, 2.24) is 9.55 Å². The lowest BCUT2D eigenvalue weighted by Gasteiger charge is -2.21. The molecule has 1 aromatic rings. The van der Waals surface area contributed by atoms with Crippen molar-refractivity contribution in [3.05, 3.63) is 32.6 Å². The van der Waals surface area contributed by atoms with Crippen molar-refractivity contribution < 1.29 is 18.7 Å². The average molecular weight is 350 g/mol. The summed E-state index contributed by atoms with van der Waals surface area (Å²) in [5.41, 5.74) is -0.569. The Hall–Kier alpha value is -0.830. The molecule has 0 radical (unpaired) electrons. The second-order valence-corrected chi connectivity index (χ2v) is 7.94. The van der Waals surface area contributed by atoms with Crippen molar-refractivity contribution in [2.24, 2.45) is 0 Å². The summed E-state index contributed by atoms with van der Waals surface area (Å²) >= 11 is 4.85. The SMILES string of the molecule is CC[C@H]1O[C@@H](n2cc(C)c(=O)[nH]c2=O)CC1OP(O)(=S)OC. The van der Waals surface area contributed by atoms with Gasteiger partial charge in [-0.3, -0.25) is 14.3 Å². The summed E-state index contributed by atoms with van der Waals surface area (Å²) in [6.45, 7) is 0.193. The Bertz CT molecular complexity index is 702. The quantitative estimate of drug-likeness (QED) is 0.757. The molecule has 1 aromatic heterocycles. The summed E-state index contributed by atoms with van der Waals surface area (Å²) in [4.78, 5) is 35.4. The Labute approximate surface area is 132 Å². The van der Waals surface area contributed by atoms with Gasteiger partial charge in [0.2, 0.25) is 0 Å². The highest BCUT2D eigenvalue weighted by Crippen LogP contribution is 2.48. The normalized spacial score (nSPS) is 27.7. The number of H-pyrrole nitrogens is 1. The highest BCUT2D eigenvalue weighted by Gasteiger charge is 2.39. The van der Waals surface area contributed by atoms with Crippen LogP contribution in [0.4, 0.5) is 0 Å². The minimum Gasteiger partial charge on any atom is -0.352 e. The third-order valence-corrected chi connectivity index (χ3v) is 5.24. The lowest BCUT2D eigenvalue weighted by atomic mass is 10.1. The molecule has 1 fully saturated rings. The second-order valence-electron chi connectivity index (χ2n) is 5.05. The van der Waals surface area contributed by atoms with E-state index in [4.69, 9.17) is 25.6 Å². The molecule has 1 saturated heterocycles. The molecule has 22 heavy (non-hydrogen) atoms. The molecular formula is C12H19N2O6PS.